The van der Waals surface area contributed by atoms with Gasteiger partial charge in [0, 0.05) is 11.6 Å². The van der Waals surface area contributed by atoms with E-state index in [1.165, 1.54) is 13.2 Å². The molecule has 7 heteroatoms. The molecular formula is C16H21F3O4. The fourth-order valence-corrected chi connectivity index (χ4v) is 1.68. The van der Waals surface area contributed by atoms with E-state index in [9.17, 15) is 23.1 Å². The summed E-state index contributed by atoms with van der Waals surface area (Å²) in [5, 5.41) is 9.76. The predicted octanol–water partition coefficient (Wildman–Crippen LogP) is 3.81. The summed E-state index contributed by atoms with van der Waals surface area (Å²) >= 11 is 0. The molecular weight excluding hydrogens is 313 g/mol. The molecule has 0 radical (unpaired) electrons. The van der Waals surface area contributed by atoms with E-state index in [0.29, 0.717) is 13.3 Å². The van der Waals surface area contributed by atoms with Crippen molar-refractivity contribution in [3.05, 3.63) is 23.8 Å². The fraction of sp³-hybridized carbons (Fsp3) is 0.562. The number of rotatable bonds is 5. The van der Waals surface area contributed by atoms with Crippen molar-refractivity contribution in [2.24, 2.45) is 5.41 Å². The van der Waals surface area contributed by atoms with Crippen molar-refractivity contribution in [1.82, 2.24) is 0 Å². The van der Waals surface area contributed by atoms with Crippen LogP contribution in [0.2, 0.25) is 0 Å². The normalized spacial score (nSPS) is 15.0. The molecule has 1 N–H and O–H groups in total. The molecule has 0 amide bonds. The van der Waals surface area contributed by atoms with Crippen molar-refractivity contribution >= 4 is 5.97 Å². The quantitative estimate of drug-likeness (QED) is 0.657. The topological polar surface area (TPSA) is 55.8 Å². The van der Waals surface area contributed by atoms with Crippen LogP contribution in [-0.2, 0) is 10.4 Å². The Balaban J connectivity index is 3.18. The third-order valence-corrected chi connectivity index (χ3v) is 3.90. The number of methoxy groups -OCH3 is 1. The number of hydrogen-bond acceptors (Lipinski definition) is 4. The van der Waals surface area contributed by atoms with Crippen molar-refractivity contribution in [2.75, 3.05) is 7.11 Å². The standard InChI is InChI=1S/C16H21F3O4/c1-6-14(2,3)13(20)23-10-7-8-11(12(9-10)22-5)15(4,21)16(17,18)19/h7-9,21H,6H2,1-5H3. The maximum atomic E-state index is 13.0. The zero-order valence-electron chi connectivity index (χ0n) is 13.7. The van der Waals surface area contributed by atoms with Gasteiger partial charge in [-0.25, -0.2) is 0 Å². The zero-order chi connectivity index (χ0) is 18.1. The Morgan fingerprint density at radius 1 is 1.22 bits per heavy atom. The molecule has 1 aromatic carbocycles. The van der Waals surface area contributed by atoms with Crippen LogP contribution in [0.3, 0.4) is 0 Å². The van der Waals surface area contributed by atoms with Gasteiger partial charge in [-0.05, 0) is 39.3 Å². The minimum atomic E-state index is -4.87. The SMILES string of the molecule is CCC(C)(C)C(=O)Oc1ccc(C(C)(O)C(F)(F)F)c(OC)c1. The lowest BCUT2D eigenvalue weighted by Crippen LogP contribution is -2.39. The van der Waals surface area contributed by atoms with Crippen molar-refractivity contribution in [2.45, 2.75) is 45.9 Å². The molecule has 4 nitrogen and oxygen atoms in total. The van der Waals surface area contributed by atoms with E-state index in [1.807, 2.05) is 6.92 Å². The first-order valence-corrected chi connectivity index (χ1v) is 7.06. The van der Waals surface area contributed by atoms with Gasteiger partial charge in [-0.2, -0.15) is 13.2 Å². The van der Waals surface area contributed by atoms with E-state index in [-0.39, 0.29) is 11.5 Å². The van der Waals surface area contributed by atoms with E-state index in [0.717, 1.165) is 12.1 Å². The van der Waals surface area contributed by atoms with Gasteiger partial charge in [-0.1, -0.05) is 6.92 Å². The molecule has 0 aliphatic carbocycles. The van der Waals surface area contributed by atoms with E-state index >= 15 is 0 Å². The fourth-order valence-electron chi connectivity index (χ4n) is 1.68. The number of benzene rings is 1. The molecule has 1 atom stereocenters. The van der Waals surface area contributed by atoms with Crippen molar-refractivity contribution in [3.8, 4) is 11.5 Å². The Morgan fingerprint density at radius 2 is 1.78 bits per heavy atom. The number of hydrogen-bond donors (Lipinski definition) is 1. The Hall–Kier alpha value is -1.76. The van der Waals surface area contributed by atoms with E-state index in [1.54, 1.807) is 13.8 Å². The van der Waals surface area contributed by atoms with Crippen LogP contribution in [0, 0.1) is 5.41 Å². The van der Waals surface area contributed by atoms with Crippen molar-refractivity contribution in [3.63, 3.8) is 0 Å². The van der Waals surface area contributed by atoms with E-state index in [2.05, 4.69) is 0 Å². The molecule has 23 heavy (non-hydrogen) atoms. The van der Waals surface area contributed by atoms with E-state index < -0.39 is 28.7 Å². The van der Waals surface area contributed by atoms with Gasteiger partial charge < -0.3 is 14.6 Å². The minimum Gasteiger partial charge on any atom is -0.496 e. The summed E-state index contributed by atoms with van der Waals surface area (Å²) in [6.45, 7) is 5.87. The molecule has 0 bridgehead atoms. The third-order valence-electron chi connectivity index (χ3n) is 3.90. The van der Waals surface area contributed by atoms with Crippen LogP contribution in [-0.4, -0.2) is 24.4 Å². The van der Waals surface area contributed by atoms with Crippen molar-refractivity contribution < 1.29 is 32.5 Å². The Bertz CT molecular complexity index is 577. The number of carbonyl (C=O) groups is 1. The van der Waals surface area contributed by atoms with Crippen LogP contribution in [0.1, 0.15) is 39.7 Å². The average Bonchev–Trinajstić information content (AvgIpc) is 2.45. The molecule has 0 spiro atoms. The van der Waals surface area contributed by atoms with Crippen LogP contribution < -0.4 is 9.47 Å². The molecule has 130 valence electrons. The molecule has 0 aliphatic heterocycles. The van der Waals surface area contributed by atoms with E-state index in [4.69, 9.17) is 9.47 Å². The molecule has 0 heterocycles. The van der Waals surface area contributed by atoms with Gasteiger partial charge in [0.25, 0.3) is 0 Å². The largest absolute Gasteiger partial charge is 0.496 e. The van der Waals surface area contributed by atoms with Crippen LogP contribution in [0.25, 0.3) is 0 Å². The highest BCUT2D eigenvalue weighted by atomic mass is 19.4. The highest BCUT2D eigenvalue weighted by Gasteiger charge is 2.52. The summed E-state index contributed by atoms with van der Waals surface area (Å²) in [5.41, 5.74) is -4.26. The first kappa shape index (κ1) is 19.3. The summed E-state index contributed by atoms with van der Waals surface area (Å²) in [6.07, 6.45) is -4.33. The van der Waals surface area contributed by atoms with Crippen LogP contribution in [0.15, 0.2) is 18.2 Å². The maximum Gasteiger partial charge on any atom is 0.421 e. The van der Waals surface area contributed by atoms with Crippen LogP contribution in [0.4, 0.5) is 13.2 Å². The molecule has 1 aromatic rings. The zero-order valence-corrected chi connectivity index (χ0v) is 13.7. The lowest BCUT2D eigenvalue weighted by molar-refractivity contribution is -0.259. The first-order chi connectivity index (χ1) is 10.4. The third kappa shape index (κ3) is 3.96. The molecule has 1 rings (SSSR count). The monoisotopic (exact) mass is 334 g/mol. The lowest BCUT2D eigenvalue weighted by Gasteiger charge is -2.28. The number of carbonyl (C=O) groups excluding carboxylic acids is 1. The molecule has 0 saturated heterocycles. The van der Waals surface area contributed by atoms with Gasteiger partial charge in [0.2, 0.25) is 0 Å². The minimum absolute atomic E-state index is 0.0510. The second-order valence-corrected chi connectivity index (χ2v) is 6.06. The summed E-state index contributed by atoms with van der Waals surface area (Å²) < 4.78 is 49.0. The van der Waals surface area contributed by atoms with Crippen molar-refractivity contribution in [1.29, 1.82) is 0 Å². The average molecular weight is 334 g/mol. The summed E-state index contributed by atoms with van der Waals surface area (Å²) in [4.78, 5) is 12.0. The summed E-state index contributed by atoms with van der Waals surface area (Å²) in [6, 6.07) is 3.38. The highest BCUT2D eigenvalue weighted by molar-refractivity contribution is 5.78. The second-order valence-electron chi connectivity index (χ2n) is 6.06. The first-order valence-electron chi connectivity index (χ1n) is 7.06. The maximum absolute atomic E-state index is 13.0. The smallest absolute Gasteiger partial charge is 0.421 e. The molecule has 0 saturated carbocycles. The second kappa shape index (κ2) is 6.39. The number of esters is 1. The van der Waals surface area contributed by atoms with Crippen LogP contribution in [0.5, 0.6) is 11.5 Å². The van der Waals surface area contributed by atoms with Crippen LogP contribution >= 0.6 is 0 Å². The number of ether oxygens (including phenoxy) is 2. The molecule has 0 aliphatic rings. The summed E-state index contributed by atoms with van der Waals surface area (Å²) in [5.74, 6) is -0.667. The van der Waals surface area contributed by atoms with Gasteiger partial charge in [0.15, 0.2) is 5.60 Å². The lowest BCUT2D eigenvalue weighted by atomic mass is 9.90. The molecule has 0 aromatic heterocycles. The highest BCUT2D eigenvalue weighted by Crippen LogP contribution is 2.43. The van der Waals surface area contributed by atoms with Gasteiger partial charge in [-0.3, -0.25) is 4.79 Å². The van der Waals surface area contributed by atoms with Gasteiger partial charge in [0.1, 0.15) is 11.5 Å². The summed E-state index contributed by atoms with van der Waals surface area (Å²) in [7, 11) is 1.17. The Kier molecular flexibility index (Phi) is 5.36. The predicted molar refractivity (Wildman–Crippen MR) is 78.3 cm³/mol. The van der Waals surface area contributed by atoms with Gasteiger partial charge in [-0.15, -0.1) is 0 Å². The molecule has 0 fully saturated rings. The van der Waals surface area contributed by atoms with Gasteiger partial charge >= 0.3 is 12.1 Å². The Labute approximate surface area is 133 Å². The number of alkyl halides is 3. The number of aliphatic hydroxyl groups is 1. The number of halogens is 3. The van der Waals surface area contributed by atoms with Gasteiger partial charge in [0.05, 0.1) is 12.5 Å². The molecule has 1 unspecified atom stereocenters. The Morgan fingerprint density at radius 3 is 2.22 bits per heavy atom.